The molecular formula is C24H30N6O2. The lowest BCUT2D eigenvalue weighted by atomic mass is 10.1. The van der Waals surface area contributed by atoms with Crippen LogP contribution in [0.1, 0.15) is 36.0 Å². The number of nitrogens with one attached hydrogen (secondary N) is 2. The van der Waals surface area contributed by atoms with E-state index in [9.17, 15) is 4.79 Å². The first-order valence-corrected chi connectivity index (χ1v) is 11.5. The van der Waals surface area contributed by atoms with Crippen molar-refractivity contribution in [2.75, 3.05) is 38.6 Å². The Morgan fingerprint density at radius 2 is 2.00 bits per heavy atom. The molecule has 32 heavy (non-hydrogen) atoms. The molecule has 2 atom stereocenters. The van der Waals surface area contributed by atoms with Gasteiger partial charge in [-0.15, -0.1) is 5.10 Å². The highest BCUT2D eigenvalue weighted by molar-refractivity contribution is 5.94. The predicted molar refractivity (Wildman–Crippen MR) is 124 cm³/mol. The Bertz CT molecular complexity index is 1070. The van der Waals surface area contributed by atoms with Crippen molar-refractivity contribution in [1.82, 2.24) is 24.8 Å². The topological polar surface area (TPSA) is 83.8 Å². The maximum Gasteiger partial charge on any atom is 0.251 e. The molecule has 4 heterocycles. The highest BCUT2D eigenvalue weighted by atomic mass is 16.5. The van der Waals surface area contributed by atoms with Crippen molar-refractivity contribution < 1.29 is 9.53 Å². The molecule has 168 valence electrons. The molecule has 2 N–H and O–H groups in total. The molecule has 0 spiro atoms. The minimum absolute atomic E-state index is 0.0336. The molecule has 2 unspecified atom stereocenters. The van der Waals surface area contributed by atoms with Gasteiger partial charge in [0, 0.05) is 36.9 Å². The van der Waals surface area contributed by atoms with Gasteiger partial charge in [-0.2, -0.15) is 0 Å². The van der Waals surface area contributed by atoms with Crippen LogP contribution in [-0.4, -0.2) is 70.8 Å². The molecule has 2 saturated heterocycles. The number of fused-ring (bicyclic) bond motifs is 1. The Balaban J connectivity index is 1.27. The lowest BCUT2D eigenvalue weighted by molar-refractivity contribution is 0.0943. The zero-order valence-corrected chi connectivity index (χ0v) is 18.5. The van der Waals surface area contributed by atoms with Crippen molar-refractivity contribution in [3.05, 3.63) is 48.2 Å². The Morgan fingerprint density at radius 3 is 2.75 bits per heavy atom. The normalized spacial score (nSPS) is 21.3. The molecule has 2 aliphatic heterocycles. The Kier molecular flexibility index (Phi) is 6.05. The molecule has 3 aromatic rings. The lowest BCUT2D eigenvalue weighted by Crippen LogP contribution is -2.38. The molecule has 1 aromatic carbocycles. The first-order valence-electron chi connectivity index (χ1n) is 11.5. The number of likely N-dealkylation sites (N-methyl/N-ethyl adjacent to an activating group) is 1. The zero-order chi connectivity index (χ0) is 21.9. The van der Waals surface area contributed by atoms with E-state index >= 15 is 0 Å². The standard InChI is InChI=1S/C24H30N6O2/c1-29-12-2-4-19(29)14-27-24(31)18-8-6-17(7-9-18)21-16-26-23-11-10-22(28-30(21)23)25-15-20-5-3-13-32-20/h6-11,16,19-20H,2-5,12-15H2,1H3,(H,25,28)(H,27,31). The number of ether oxygens (including phenoxy) is 1. The van der Waals surface area contributed by atoms with Crippen LogP contribution in [0.15, 0.2) is 42.6 Å². The molecule has 0 radical (unpaired) electrons. The molecule has 0 aliphatic carbocycles. The summed E-state index contributed by atoms with van der Waals surface area (Å²) >= 11 is 0. The summed E-state index contributed by atoms with van der Waals surface area (Å²) in [5, 5.41) is 11.2. The van der Waals surface area contributed by atoms with E-state index in [1.165, 1.54) is 6.42 Å². The second kappa shape index (κ2) is 9.26. The van der Waals surface area contributed by atoms with Crippen LogP contribution in [0.25, 0.3) is 16.9 Å². The summed E-state index contributed by atoms with van der Waals surface area (Å²) in [5.41, 5.74) is 3.30. The number of carbonyl (C=O) groups is 1. The monoisotopic (exact) mass is 434 g/mol. The van der Waals surface area contributed by atoms with E-state index in [4.69, 9.17) is 9.84 Å². The van der Waals surface area contributed by atoms with Gasteiger partial charge in [-0.25, -0.2) is 9.50 Å². The first-order chi connectivity index (χ1) is 15.7. The maximum atomic E-state index is 12.6. The molecule has 0 bridgehead atoms. The van der Waals surface area contributed by atoms with Gasteiger partial charge < -0.3 is 20.3 Å². The fraction of sp³-hybridized carbons (Fsp3) is 0.458. The number of amides is 1. The van der Waals surface area contributed by atoms with E-state index in [1.54, 1.807) is 0 Å². The van der Waals surface area contributed by atoms with Crippen LogP contribution in [0.2, 0.25) is 0 Å². The fourth-order valence-electron chi connectivity index (χ4n) is 4.53. The van der Waals surface area contributed by atoms with Crippen molar-refractivity contribution in [3.8, 4) is 11.3 Å². The van der Waals surface area contributed by atoms with Crippen LogP contribution in [0.5, 0.6) is 0 Å². The molecule has 2 fully saturated rings. The summed E-state index contributed by atoms with van der Waals surface area (Å²) in [6, 6.07) is 12.0. The molecule has 8 nitrogen and oxygen atoms in total. The summed E-state index contributed by atoms with van der Waals surface area (Å²) in [5.74, 6) is 0.758. The highest BCUT2D eigenvalue weighted by Crippen LogP contribution is 2.22. The van der Waals surface area contributed by atoms with E-state index in [2.05, 4.69) is 27.6 Å². The van der Waals surface area contributed by atoms with Crippen LogP contribution in [-0.2, 0) is 4.74 Å². The van der Waals surface area contributed by atoms with Gasteiger partial charge in [0.2, 0.25) is 0 Å². The average molecular weight is 435 g/mol. The SMILES string of the molecule is CN1CCCC1CNC(=O)c1ccc(-c2cnc3ccc(NCC4CCCO4)nn23)cc1. The van der Waals surface area contributed by atoms with E-state index in [0.717, 1.165) is 61.7 Å². The zero-order valence-electron chi connectivity index (χ0n) is 18.5. The average Bonchev–Trinajstić information content (AvgIpc) is 3.57. The molecule has 0 saturated carbocycles. The summed E-state index contributed by atoms with van der Waals surface area (Å²) in [6.45, 7) is 3.39. The summed E-state index contributed by atoms with van der Waals surface area (Å²) in [7, 11) is 2.12. The third-order valence-corrected chi connectivity index (χ3v) is 6.51. The Morgan fingerprint density at radius 1 is 1.12 bits per heavy atom. The number of likely N-dealkylation sites (tertiary alicyclic amines) is 1. The quantitative estimate of drug-likeness (QED) is 0.595. The fourth-order valence-corrected chi connectivity index (χ4v) is 4.53. The van der Waals surface area contributed by atoms with E-state index in [-0.39, 0.29) is 12.0 Å². The molecule has 2 aliphatic rings. The molecule has 5 rings (SSSR count). The van der Waals surface area contributed by atoms with Gasteiger partial charge >= 0.3 is 0 Å². The maximum absolute atomic E-state index is 12.6. The lowest BCUT2D eigenvalue weighted by Gasteiger charge is -2.19. The van der Waals surface area contributed by atoms with Crippen molar-refractivity contribution in [2.24, 2.45) is 0 Å². The van der Waals surface area contributed by atoms with Gasteiger partial charge in [0.05, 0.1) is 18.0 Å². The number of rotatable bonds is 7. The Labute approximate surface area is 188 Å². The van der Waals surface area contributed by atoms with Crippen molar-refractivity contribution in [2.45, 2.75) is 37.8 Å². The smallest absolute Gasteiger partial charge is 0.251 e. The number of nitrogens with zero attached hydrogens (tertiary/aromatic N) is 4. The molecular weight excluding hydrogens is 404 g/mol. The van der Waals surface area contributed by atoms with Gasteiger partial charge in [0.25, 0.3) is 5.91 Å². The summed E-state index contributed by atoms with van der Waals surface area (Å²) < 4.78 is 7.51. The van der Waals surface area contributed by atoms with Crippen LogP contribution in [0.4, 0.5) is 5.82 Å². The molecule has 8 heteroatoms. The number of carbonyl (C=O) groups excluding carboxylic acids is 1. The number of imidazole rings is 1. The van der Waals surface area contributed by atoms with Gasteiger partial charge in [0.1, 0.15) is 5.82 Å². The van der Waals surface area contributed by atoms with Gasteiger partial charge in [-0.1, -0.05) is 12.1 Å². The number of aromatic nitrogens is 3. The minimum atomic E-state index is -0.0336. The van der Waals surface area contributed by atoms with Gasteiger partial charge in [-0.05, 0) is 63.5 Å². The summed E-state index contributed by atoms with van der Waals surface area (Å²) in [6.07, 6.45) is 6.62. The molecule has 1 amide bonds. The van der Waals surface area contributed by atoms with Crippen molar-refractivity contribution in [1.29, 1.82) is 0 Å². The van der Waals surface area contributed by atoms with E-state index in [1.807, 2.05) is 47.1 Å². The van der Waals surface area contributed by atoms with Crippen molar-refractivity contribution in [3.63, 3.8) is 0 Å². The van der Waals surface area contributed by atoms with Gasteiger partial charge in [-0.3, -0.25) is 4.79 Å². The second-order valence-corrected chi connectivity index (χ2v) is 8.71. The van der Waals surface area contributed by atoms with Crippen LogP contribution < -0.4 is 10.6 Å². The molecule has 2 aromatic heterocycles. The van der Waals surface area contributed by atoms with Crippen LogP contribution >= 0.6 is 0 Å². The first kappa shape index (κ1) is 20.9. The number of hydrogen-bond acceptors (Lipinski definition) is 6. The number of anilines is 1. The number of hydrogen-bond donors (Lipinski definition) is 2. The van der Waals surface area contributed by atoms with E-state index in [0.29, 0.717) is 18.2 Å². The second-order valence-electron chi connectivity index (χ2n) is 8.71. The van der Waals surface area contributed by atoms with Crippen LogP contribution in [0, 0.1) is 0 Å². The van der Waals surface area contributed by atoms with Crippen molar-refractivity contribution >= 4 is 17.4 Å². The van der Waals surface area contributed by atoms with Gasteiger partial charge in [0.15, 0.2) is 5.65 Å². The third kappa shape index (κ3) is 4.47. The number of benzene rings is 1. The Hall–Kier alpha value is -2.97. The predicted octanol–water partition coefficient (Wildman–Crippen LogP) is 2.81. The largest absolute Gasteiger partial charge is 0.376 e. The van der Waals surface area contributed by atoms with E-state index < -0.39 is 0 Å². The van der Waals surface area contributed by atoms with Crippen LogP contribution in [0.3, 0.4) is 0 Å². The minimum Gasteiger partial charge on any atom is -0.376 e. The summed E-state index contributed by atoms with van der Waals surface area (Å²) in [4.78, 5) is 19.4. The third-order valence-electron chi connectivity index (χ3n) is 6.51. The highest BCUT2D eigenvalue weighted by Gasteiger charge is 2.21.